The van der Waals surface area contributed by atoms with E-state index in [1.807, 2.05) is 11.8 Å². The zero-order valence-electron chi connectivity index (χ0n) is 15.7. The van der Waals surface area contributed by atoms with Crippen molar-refractivity contribution < 1.29 is 4.74 Å². The predicted molar refractivity (Wildman–Crippen MR) is 114 cm³/mol. The van der Waals surface area contributed by atoms with E-state index in [4.69, 9.17) is 9.73 Å². The number of anilines is 1. The fraction of sp³-hybridized carbons (Fsp3) is 0.571. The first-order valence-electron chi connectivity index (χ1n) is 10.2. The zero-order valence-corrected chi connectivity index (χ0v) is 16.6. The molecule has 2 aliphatic heterocycles. The van der Waals surface area contributed by atoms with Crippen LogP contribution in [0.25, 0.3) is 10.9 Å². The van der Waals surface area contributed by atoms with Gasteiger partial charge in [-0.05, 0) is 25.0 Å². The van der Waals surface area contributed by atoms with Crippen LogP contribution >= 0.6 is 11.8 Å². The van der Waals surface area contributed by atoms with Gasteiger partial charge >= 0.3 is 0 Å². The summed E-state index contributed by atoms with van der Waals surface area (Å²) in [6.07, 6.45) is 5.27. The number of nitrogens with one attached hydrogen (secondary N) is 2. The number of fused-ring (bicyclic) bond motifs is 1. The van der Waals surface area contributed by atoms with Crippen LogP contribution in [0.3, 0.4) is 0 Å². The first kappa shape index (κ1) is 17.6. The second-order valence-corrected chi connectivity index (χ2v) is 8.90. The van der Waals surface area contributed by atoms with Crippen LogP contribution in [0.15, 0.2) is 29.3 Å². The van der Waals surface area contributed by atoms with Gasteiger partial charge in [0.1, 0.15) is 5.04 Å². The molecule has 1 aromatic heterocycles. The van der Waals surface area contributed by atoms with E-state index in [9.17, 15) is 0 Å². The van der Waals surface area contributed by atoms with Crippen molar-refractivity contribution in [2.75, 3.05) is 43.9 Å². The lowest BCUT2D eigenvalue weighted by atomic mass is 10.2. The monoisotopic (exact) mass is 384 g/mol. The van der Waals surface area contributed by atoms with Crippen molar-refractivity contribution in [1.29, 1.82) is 0 Å². The fourth-order valence-electron chi connectivity index (χ4n) is 4.42. The van der Waals surface area contributed by atoms with Gasteiger partial charge in [0.25, 0.3) is 0 Å². The third-order valence-electron chi connectivity index (χ3n) is 5.89. The second-order valence-electron chi connectivity index (χ2n) is 7.89. The Balaban J connectivity index is 1.33. The fourth-order valence-corrected chi connectivity index (χ4v) is 5.44. The molecule has 0 radical (unpaired) electrons. The van der Waals surface area contributed by atoms with E-state index in [0.29, 0.717) is 12.1 Å². The van der Waals surface area contributed by atoms with Crippen LogP contribution in [0.2, 0.25) is 0 Å². The van der Waals surface area contributed by atoms with Gasteiger partial charge in [0.2, 0.25) is 0 Å². The molecule has 0 amide bonds. The number of aromatic nitrogens is 1. The van der Waals surface area contributed by atoms with Crippen LogP contribution < -0.4 is 5.32 Å². The first-order valence-corrected chi connectivity index (χ1v) is 11.2. The van der Waals surface area contributed by atoms with Crippen LogP contribution in [0, 0.1) is 0 Å². The van der Waals surface area contributed by atoms with Crippen molar-refractivity contribution in [3.8, 4) is 0 Å². The average molecular weight is 385 g/mol. The number of benzene rings is 1. The van der Waals surface area contributed by atoms with Crippen LogP contribution in [-0.4, -0.2) is 65.6 Å². The van der Waals surface area contributed by atoms with E-state index in [2.05, 4.69) is 39.5 Å². The molecule has 0 spiro atoms. The summed E-state index contributed by atoms with van der Waals surface area (Å²) < 4.78 is 5.45. The first-order chi connectivity index (χ1) is 13.3. The lowest BCUT2D eigenvalue weighted by Crippen LogP contribution is -2.40. The minimum Gasteiger partial charge on any atom is -0.381 e. The Hall–Kier alpha value is -1.50. The minimum absolute atomic E-state index is 0.394. The lowest BCUT2D eigenvalue weighted by Gasteiger charge is -2.27. The third kappa shape index (κ3) is 3.89. The standard InChI is InChI=1S/C21H28N4OS/c1-2-6-16(5-1)22-18-7-3-4-15-12-19(24-20(15)18)21-23-17(14-27-21)13-25-8-10-26-11-9-25/h3-4,7,12,16-17,22,24H,1-2,5-6,8-11,13-14H2. The maximum absolute atomic E-state index is 5.45. The highest BCUT2D eigenvalue weighted by Crippen LogP contribution is 2.31. The van der Waals surface area contributed by atoms with Gasteiger partial charge in [0, 0.05) is 36.8 Å². The summed E-state index contributed by atoms with van der Waals surface area (Å²) in [5.74, 6) is 1.08. The summed E-state index contributed by atoms with van der Waals surface area (Å²) in [4.78, 5) is 11.2. The number of ether oxygens (including phenoxy) is 1. The molecule has 2 fully saturated rings. The number of nitrogens with zero attached hydrogens (tertiary/aromatic N) is 2. The van der Waals surface area contributed by atoms with Gasteiger partial charge < -0.3 is 15.0 Å². The third-order valence-corrected chi connectivity index (χ3v) is 7.04. The lowest BCUT2D eigenvalue weighted by molar-refractivity contribution is 0.0364. The molecule has 6 heteroatoms. The largest absolute Gasteiger partial charge is 0.381 e. The number of H-pyrrole nitrogens is 1. The van der Waals surface area contributed by atoms with Crippen LogP contribution in [0.4, 0.5) is 5.69 Å². The van der Waals surface area contributed by atoms with Crippen molar-refractivity contribution in [2.45, 2.75) is 37.8 Å². The molecule has 1 unspecified atom stereocenters. The molecule has 1 atom stereocenters. The molecule has 144 valence electrons. The van der Waals surface area contributed by atoms with Crippen molar-refractivity contribution in [2.24, 2.45) is 4.99 Å². The molecule has 1 saturated carbocycles. The predicted octanol–water partition coefficient (Wildman–Crippen LogP) is 3.72. The molecule has 0 bridgehead atoms. The van der Waals surface area contributed by atoms with Gasteiger partial charge in [0.05, 0.1) is 36.2 Å². The van der Waals surface area contributed by atoms with Crippen LogP contribution in [-0.2, 0) is 4.74 Å². The van der Waals surface area contributed by atoms with Crippen molar-refractivity contribution in [3.63, 3.8) is 0 Å². The molecule has 5 nitrogen and oxygen atoms in total. The molecule has 1 saturated heterocycles. The Morgan fingerprint density at radius 2 is 2.07 bits per heavy atom. The molecule has 2 N–H and O–H groups in total. The van der Waals surface area contributed by atoms with Crippen molar-refractivity contribution >= 4 is 33.4 Å². The summed E-state index contributed by atoms with van der Waals surface area (Å²) in [6, 6.07) is 9.83. The number of thioether (sulfide) groups is 1. The second kappa shape index (κ2) is 7.86. The van der Waals surface area contributed by atoms with Gasteiger partial charge in [0.15, 0.2) is 0 Å². The molecule has 2 aromatic rings. The normalized spacial score (nSPS) is 24.6. The number of hydrogen-bond acceptors (Lipinski definition) is 5. The summed E-state index contributed by atoms with van der Waals surface area (Å²) in [5.41, 5.74) is 3.62. The maximum Gasteiger partial charge on any atom is 0.114 e. The van der Waals surface area contributed by atoms with Crippen LogP contribution in [0.5, 0.6) is 0 Å². The van der Waals surface area contributed by atoms with E-state index in [1.165, 1.54) is 48.0 Å². The van der Waals surface area contributed by atoms with E-state index in [0.717, 1.165) is 43.6 Å². The van der Waals surface area contributed by atoms with E-state index < -0.39 is 0 Å². The van der Waals surface area contributed by atoms with Gasteiger partial charge in [-0.3, -0.25) is 9.89 Å². The van der Waals surface area contributed by atoms with Gasteiger partial charge in [-0.15, -0.1) is 11.8 Å². The molecule has 3 heterocycles. The SMILES string of the molecule is c1cc(NC2CCCC2)c2[nH]c(C3=NC(CN4CCOCC4)CS3)cc2c1. The molecule has 1 aliphatic carbocycles. The summed E-state index contributed by atoms with van der Waals surface area (Å²) in [5, 5.41) is 6.19. The highest BCUT2D eigenvalue weighted by molar-refractivity contribution is 8.14. The number of para-hydroxylation sites is 1. The van der Waals surface area contributed by atoms with Gasteiger partial charge in [-0.25, -0.2) is 0 Å². The summed E-state index contributed by atoms with van der Waals surface area (Å²) in [7, 11) is 0. The van der Waals surface area contributed by atoms with E-state index in [-0.39, 0.29) is 0 Å². The number of aliphatic imine (C=N–C) groups is 1. The average Bonchev–Trinajstić information content (AvgIpc) is 3.43. The number of rotatable bonds is 5. The number of morpholine rings is 1. The topological polar surface area (TPSA) is 52.7 Å². The van der Waals surface area contributed by atoms with E-state index >= 15 is 0 Å². The smallest absolute Gasteiger partial charge is 0.114 e. The highest BCUT2D eigenvalue weighted by Gasteiger charge is 2.24. The minimum atomic E-state index is 0.394. The Labute approximate surface area is 164 Å². The Bertz CT molecular complexity index is 821. The Morgan fingerprint density at radius 3 is 2.93 bits per heavy atom. The quantitative estimate of drug-likeness (QED) is 0.825. The number of aromatic amines is 1. The Kier molecular flexibility index (Phi) is 5.12. The maximum atomic E-state index is 5.45. The summed E-state index contributed by atoms with van der Waals surface area (Å²) >= 11 is 1.89. The van der Waals surface area contributed by atoms with Crippen molar-refractivity contribution in [1.82, 2.24) is 9.88 Å². The van der Waals surface area contributed by atoms with Crippen LogP contribution in [0.1, 0.15) is 31.4 Å². The number of hydrogen-bond donors (Lipinski definition) is 2. The molecule has 5 rings (SSSR count). The zero-order chi connectivity index (χ0) is 18.1. The highest BCUT2D eigenvalue weighted by atomic mass is 32.2. The van der Waals surface area contributed by atoms with Gasteiger partial charge in [-0.2, -0.15) is 0 Å². The van der Waals surface area contributed by atoms with E-state index in [1.54, 1.807) is 0 Å². The molecule has 1 aromatic carbocycles. The van der Waals surface area contributed by atoms with Crippen molar-refractivity contribution in [3.05, 3.63) is 30.0 Å². The molecule has 27 heavy (non-hydrogen) atoms. The van der Waals surface area contributed by atoms with Gasteiger partial charge in [-0.1, -0.05) is 25.0 Å². The molecular weight excluding hydrogens is 356 g/mol. The molecule has 3 aliphatic rings. The molecular formula is C21H28N4OS. The summed E-state index contributed by atoms with van der Waals surface area (Å²) in [6.45, 7) is 4.84. The Morgan fingerprint density at radius 1 is 1.22 bits per heavy atom.